The summed E-state index contributed by atoms with van der Waals surface area (Å²) >= 11 is 1.22. The van der Waals surface area contributed by atoms with E-state index in [-0.39, 0.29) is 11.5 Å². The van der Waals surface area contributed by atoms with Crippen LogP contribution < -0.4 is 15.6 Å². The normalized spacial score (nSPS) is 11.0. The molecule has 2 heterocycles. The molecule has 7 nitrogen and oxygen atoms in total. The van der Waals surface area contributed by atoms with Crippen molar-refractivity contribution in [1.29, 1.82) is 0 Å². The first-order valence-corrected chi connectivity index (χ1v) is 11.1. The lowest BCUT2D eigenvalue weighted by Crippen LogP contribution is -2.27. The summed E-state index contributed by atoms with van der Waals surface area (Å²) in [5.74, 6) is 0.530. The smallest absolute Gasteiger partial charge is 0.277 e. The number of carbonyl (C=O) groups excluding carboxylic acids is 1. The van der Waals surface area contributed by atoms with E-state index in [1.54, 1.807) is 14.0 Å². The molecule has 1 N–H and O–H groups in total. The van der Waals surface area contributed by atoms with Gasteiger partial charge in [-0.1, -0.05) is 30.3 Å². The zero-order chi connectivity index (χ0) is 22.8. The van der Waals surface area contributed by atoms with Crippen LogP contribution in [-0.2, 0) is 7.05 Å². The van der Waals surface area contributed by atoms with Gasteiger partial charge >= 0.3 is 0 Å². The summed E-state index contributed by atoms with van der Waals surface area (Å²) in [5.41, 5.74) is 2.39. The summed E-state index contributed by atoms with van der Waals surface area (Å²) in [7, 11) is 1.61. The van der Waals surface area contributed by atoms with Gasteiger partial charge in [0.1, 0.15) is 22.2 Å². The number of hydrogen-bond acceptors (Lipinski definition) is 6. The molecule has 0 spiro atoms. The van der Waals surface area contributed by atoms with Gasteiger partial charge in [0.2, 0.25) is 0 Å². The number of ether oxygens (including phenoxy) is 1. The van der Waals surface area contributed by atoms with E-state index in [9.17, 15) is 9.59 Å². The highest BCUT2D eigenvalue weighted by molar-refractivity contribution is 7.17. The Bertz CT molecular complexity index is 1370. The van der Waals surface area contributed by atoms with Gasteiger partial charge in [0.05, 0.1) is 23.5 Å². The number of amides is 1. The molecule has 0 aliphatic carbocycles. The van der Waals surface area contributed by atoms with Crippen molar-refractivity contribution in [3.63, 3.8) is 0 Å². The summed E-state index contributed by atoms with van der Waals surface area (Å²) in [6.07, 6.45) is 0. The summed E-state index contributed by atoms with van der Waals surface area (Å²) in [4.78, 5) is 30.3. The number of rotatable bonds is 6. The van der Waals surface area contributed by atoms with Crippen LogP contribution in [0, 0.1) is 20.8 Å². The number of hydrogen-bond donors (Lipinski definition) is 1. The van der Waals surface area contributed by atoms with E-state index in [0.29, 0.717) is 34.3 Å². The predicted molar refractivity (Wildman–Crippen MR) is 127 cm³/mol. The first-order chi connectivity index (χ1) is 15.3. The second kappa shape index (κ2) is 8.92. The first-order valence-electron chi connectivity index (χ1n) is 10.3. The van der Waals surface area contributed by atoms with Gasteiger partial charge in [-0.2, -0.15) is 5.10 Å². The Balaban J connectivity index is 1.42. The molecule has 2 aromatic carbocycles. The third-order valence-electron chi connectivity index (χ3n) is 5.32. The van der Waals surface area contributed by atoms with Crippen LogP contribution in [0.25, 0.3) is 21.3 Å². The van der Waals surface area contributed by atoms with Gasteiger partial charge in [-0.05, 0) is 49.2 Å². The second-order valence-corrected chi connectivity index (χ2v) is 8.56. The molecule has 0 aliphatic heterocycles. The summed E-state index contributed by atoms with van der Waals surface area (Å²) in [6, 6.07) is 14.0. The number of carbonyl (C=O) groups is 1. The number of aryl methyl sites for hydroxylation is 3. The first kappa shape index (κ1) is 21.7. The summed E-state index contributed by atoms with van der Waals surface area (Å²) in [6.45, 7) is 6.17. The molecule has 0 fully saturated rings. The lowest BCUT2D eigenvalue weighted by molar-refractivity contribution is 0.0950. The SMILES string of the molecule is Cc1nc(-c2c(C)c(C)nn(C)c2=O)sc1C(=O)NCCOc1ccc2ccccc2c1. The molecular weight excluding hydrogens is 424 g/mol. The van der Waals surface area contributed by atoms with Crippen molar-refractivity contribution in [1.82, 2.24) is 20.1 Å². The van der Waals surface area contributed by atoms with Gasteiger partial charge in [-0.15, -0.1) is 11.3 Å². The number of fused-ring (bicyclic) bond motifs is 1. The van der Waals surface area contributed by atoms with E-state index in [1.807, 2.05) is 50.2 Å². The Hall–Kier alpha value is -3.52. The van der Waals surface area contributed by atoms with E-state index < -0.39 is 0 Å². The minimum atomic E-state index is -0.228. The van der Waals surface area contributed by atoms with Gasteiger partial charge in [-0.3, -0.25) is 9.59 Å². The van der Waals surface area contributed by atoms with E-state index >= 15 is 0 Å². The Morgan fingerprint density at radius 3 is 2.62 bits per heavy atom. The third kappa shape index (κ3) is 4.27. The average molecular weight is 449 g/mol. The van der Waals surface area contributed by atoms with E-state index in [2.05, 4.69) is 21.5 Å². The molecular formula is C24H24N4O3S. The van der Waals surface area contributed by atoms with Crippen molar-refractivity contribution in [2.24, 2.45) is 7.05 Å². The number of nitrogens with one attached hydrogen (secondary N) is 1. The van der Waals surface area contributed by atoms with Crippen LogP contribution in [-0.4, -0.2) is 33.8 Å². The second-order valence-electron chi connectivity index (χ2n) is 7.56. The molecule has 164 valence electrons. The molecule has 32 heavy (non-hydrogen) atoms. The fourth-order valence-corrected chi connectivity index (χ4v) is 4.56. The predicted octanol–water partition coefficient (Wildman–Crippen LogP) is 3.79. The number of thiazole rings is 1. The van der Waals surface area contributed by atoms with Crippen molar-refractivity contribution in [2.45, 2.75) is 20.8 Å². The number of benzene rings is 2. The highest BCUT2D eigenvalue weighted by Gasteiger charge is 2.20. The summed E-state index contributed by atoms with van der Waals surface area (Å²) < 4.78 is 7.09. The van der Waals surface area contributed by atoms with Crippen LogP contribution in [0.2, 0.25) is 0 Å². The third-order valence-corrected chi connectivity index (χ3v) is 6.49. The molecule has 0 saturated carbocycles. The molecule has 2 aromatic heterocycles. The minimum Gasteiger partial charge on any atom is -0.492 e. The van der Waals surface area contributed by atoms with Crippen LogP contribution in [0.4, 0.5) is 0 Å². The fourth-order valence-electron chi connectivity index (χ4n) is 3.49. The van der Waals surface area contributed by atoms with E-state index in [0.717, 1.165) is 27.8 Å². The highest BCUT2D eigenvalue weighted by atomic mass is 32.1. The maximum absolute atomic E-state index is 12.7. The topological polar surface area (TPSA) is 86.1 Å². The molecule has 4 aromatic rings. The van der Waals surface area contributed by atoms with Crippen molar-refractivity contribution >= 4 is 28.0 Å². The minimum absolute atomic E-state index is 0.224. The van der Waals surface area contributed by atoms with E-state index in [4.69, 9.17) is 4.74 Å². The maximum atomic E-state index is 12.7. The monoisotopic (exact) mass is 448 g/mol. The van der Waals surface area contributed by atoms with Crippen LogP contribution in [0.5, 0.6) is 5.75 Å². The summed E-state index contributed by atoms with van der Waals surface area (Å²) in [5, 5.41) is 9.87. The van der Waals surface area contributed by atoms with Crippen molar-refractivity contribution in [2.75, 3.05) is 13.2 Å². The molecule has 4 rings (SSSR count). The molecule has 0 aliphatic rings. The van der Waals surface area contributed by atoms with Gasteiger partial charge in [0.25, 0.3) is 11.5 Å². The Morgan fingerprint density at radius 1 is 1.09 bits per heavy atom. The fraction of sp³-hybridized carbons (Fsp3) is 0.250. The standard InChI is InChI=1S/C24H24N4O3S/c1-14-15(2)27-28(4)24(30)20(14)23-26-16(3)21(32-23)22(29)25-11-12-31-19-10-9-17-7-5-6-8-18(17)13-19/h5-10,13H,11-12H2,1-4H3,(H,25,29). The van der Waals surface area contributed by atoms with Gasteiger partial charge in [0.15, 0.2) is 0 Å². The highest BCUT2D eigenvalue weighted by Crippen LogP contribution is 2.28. The lowest BCUT2D eigenvalue weighted by Gasteiger charge is -2.08. The Labute approximate surface area is 189 Å². The van der Waals surface area contributed by atoms with Crippen molar-refractivity contribution in [3.05, 3.63) is 74.6 Å². The van der Waals surface area contributed by atoms with Crippen molar-refractivity contribution < 1.29 is 9.53 Å². The molecule has 1 amide bonds. The van der Waals surface area contributed by atoms with Crippen LogP contribution >= 0.6 is 11.3 Å². The zero-order valence-corrected chi connectivity index (χ0v) is 19.2. The molecule has 0 radical (unpaired) electrons. The van der Waals surface area contributed by atoms with Gasteiger partial charge < -0.3 is 10.1 Å². The molecule has 0 saturated heterocycles. The molecule has 8 heteroatoms. The van der Waals surface area contributed by atoms with Gasteiger partial charge in [0, 0.05) is 7.05 Å². The Morgan fingerprint density at radius 2 is 1.84 bits per heavy atom. The number of aromatic nitrogens is 3. The average Bonchev–Trinajstić information content (AvgIpc) is 3.16. The van der Waals surface area contributed by atoms with Crippen LogP contribution in [0.3, 0.4) is 0 Å². The van der Waals surface area contributed by atoms with Crippen LogP contribution in [0.15, 0.2) is 47.3 Å². The van der Waals surface area contributed by atoms with Gasteiger partial charge in [-0.25, -0.2) is 9.67 Å². The zero-order valence-electron chi connectivity index (χ0n) is 18.4. The van der Waals surface area contributed by atoms with Crippen molar-refractivity contribution in [3.8, 4) is 16.3 Å². The quantitative estimate of drug-likeness (QED) is 0.454. The molecule has 0 unspecified atom stereocenters. The maximum Gasteiger partial charge on any atom is 0.277 e. The number of nitrogens with zero attached hydrogens (tertiary/aromatic N) is 3. The molecule has 0 atom stereocenters. The molecule has 0 bridgehead atoms. The van der Waals surface area contributed by atoms with E-state index in [1.165, 1.54) is 16.0 Å². The Kier molecular flexibility index (Phi) is 6.05. The largest absolute Gasteiger partial charge is 0.492 e. The van der Waals surface area contributed by atoms with Crippen LogP contribution in [0.1, 0.15) is 26.6 Å². The lowest BCUT2D eigenvalue weighted by atomic mass is 10.1.